The molecule has 3 aromatic rings. The maximum atomic E-state index is 13.4. The lowest BCUT2D eigenvalue weighted by atomic mass is 10.1. The normalized spacial score (nSPS) is 13.6. The van der Waals surface area contributed by atoms with Gasteiger partial charge in [-0.25, -0.2) is 13.3 Å². The lowest BCUT2D eigenvalue weighted by Crippen LogP contribution is -2.29. The predicted molar refractivity (Wildman–Crippen MR) is 98.9 cm³/mol. The molecule has 4 rings (SSSR count). The van der Waals surface area contributed by atoms with Crippen molar-refractivity contribution in [3.8, 4) is 0 Å². The fourth-order valence-electron chi connectivity index (χ4n) is 3.22. The SMILES string of the molecule is [C-]#[N+]c1ccc2c(c1)N(S(=O)(=O)c1cc(Cl)cc3c[n+]([O-])ccc13)CC2. The van der Waals surface area contributed by atoms with Crippen LogP contribution in [0.15, 0.2) is 53.7 Å². The molecular formula is C18H12ClN3O3S. The van der Waals surface area contributed by atoms with Gasteiger partial charge >= 0.3 is 0 Å². The van der Waals surface area contributed by atoms with E-state index in [-0.39, 0.29) is 9.92 Å². The van der Waals surface area contributed by atoms with Crippen LogP contribution in [0.1, 0.15) is 5.56 Å². The second-order valence-electron chi connectivity index (χ2n) is 5.96. The van der Waals surface area contributed by atoms with Gasteiger partial charge in [0.15, 0.2) is 18.1 Å². The monoisotopic (exact) mass is 385 g/mol. The summed E-state index contributed by atoms with van der Waals surface area (Å²) in [6, 6.07) is 9.48. The molecule has 8 heteroatoms. The van der Waals surface area contributed by atoms with E-state index in [9.17, 15) is 13.6 Å². The molecule has 0 amide bonds. The van der Waals surface area contributed by atoms with Crippen LogP contribution in [0.5, 0.6) is 0 Å². The molecule has 0 unspecified atom stereocenters. The quantitative estimate of drug-likeness (QED) is 0.385. The van der Waals surface area contributed by atoms with E-state index in [2.05, 4.69) is 4.85 Å². The van der Waals surface area contributed by atoms with Crippen molar-refractivity contribution in [2.75, 3.05) is 10.8 Å². The number of anilines is 1. The Morgan fingerprint density at radius 1 is 1.23 bits per heavy atom. The first-order chi connectivity index (χ1) is 12.4. The van der Waals surface area contributed by atoms with E-state index in [1.54, 1.807) is 24.3 Å². The van der Waals surface area contributed by atoms with Crippen LogP contribution < -0.4 is 9.04 Å². The first-order valence-corrected chi connectivity index (χ1v) is 9.57. The fourth-order valence-corrected chi connectivity index (χ4v) is 5.25. The Morgan fingerprint density at radius 2 is 2.04 bits per heavy atom. The molecule has 0 fully saturated rings. The van der Waals surface area contributed by atoms with Crippen molar-refractivity contribution in [2.45, 2.75) is 11.3 Å². The molecule has 0 saturated heterocycles. The second-order valence-corrected chi connectivity index (χ2v) is 8.23. The summed E-state index contributed by atoms with van der Waals surface area (Å²) in [4.78, 5) is 3.42. The van der Waals surface area contributed by atoms with Gasteiger partial charge in [-0.15, -0.1) is 0 Å². The van der Waals surface area contributed by atoms with Gasteiger partial charge in [-0.2, -0.15) is 4.73 Å². The van der Waals surface area contributed by atoms with Crippen LogP contribution in [-0.2, 0) is 16.4 Å². The van der Waals surface area contributed by atoms with Gasteiger partial charge in [0.1, 0.15) is 0 Å². The molecule has 1 aliphatic heterocycles. The maximum absolute atomic E-state index is 13.4. The van der Waals surface area contributed by atoms with Gasteiger partial charge in [-0.1, -0.05) is 23.7 Å². The number of hydrogen-bond acceptors (Lipinski definition) is 3. The molecule has 0 spiro atoms. The summed E-state index contributed by atoms with van der Waals surface area (Å²) < 4.78 is 28.6. The molecule has 1 aliphatic rings. The highest BCUT2D eigenvalue weighted by atomic mass is 35.5. The summed E-state index contributed by atoms with van der Waals surface area (Å²) in [7, 11) is -3.90. The zero-order valence-corrected chi connectivity index (χ0v) is 15.0. The summed E-state index contributed by atoms with van der Waals surface area (Å²) in [6.45, 7) is 7.45. The Kier molecular flexibility index (Phi) is 3.75. The van der Waals surface area contributed by atoms with Gasteiger partial charge in [0.05, 0.1) is 11.5 Å². The van der Waals surface area contributed by atoms with E-state index >= 15 is 0 Å². The third kappa shape index (κ3) is 2.55. The maximum Gasteiger partial charge on any atom is 0.264 e. The number of rotatable bonds is 2. The van der Waals surface area contributed by atoms with Crippen LogP contribution in [0.4, 0.5) is 11.4 Å². The summed E-state index contributed by atoms with van der Waals surface area (Å²) >= 11 is 6.10. The van der Waals surface area contributed by atoms with Crippen molar-refractivity contribution >= 4 is 43.8 Å². The van der Waals surface area contributed by atoms with Gasteiger partial charge in [-0.05, 0) is 30.2 Å². The van der Waals surface area contributed by atoms with E-state index < -0.39 is 10.0 Å². The Morgan fingerprint density at radius 3 is 2.81 bits per heavy atom. The Labute approximate surface area is 155 Å². The molecule has 26 heavy (non-hydrogen) atoms. The van der Waals surface area contributed by atoms with Crippen LogP contribution in [-0.4, -0.2) is 15.0 Å². The van der Waals surface area contributed by atoms with Gasteiger partial charge in [0, 0.05) is 34.1 Å². The summed E-state index contributed by atoms with van der Waals surface area (Å²) in [5.74, 6) is 0. The molecule has 0 bridgehead atoms. The smallest absolute Gasteiger partial charge is 0.264 e. The van der Waals surface area contributed by atoms with Crippen molar-refractivity contribution in [1.29, 1.82) is 0 Å². The number of sulfonamides is 1. The minimum atomic E-state index is -3.90. The summed E-state index contributed by atoms with van der Waals surface area (Å²) in [6.07, 6.45) is 3.12. The number of fused-ring (bicyclic) bond motifs is 2. The molecule has 0 atom stereocenters. The standard InChI is InChI=1S/C18H12ClN3O3S/c1-20-15-3-2-12-4-7-22(17(12)10-15)26(24,25)18-9-14(19)8-13-11-21(23)6-5-16(13)18/h2-3,5-6,8-11H,4,7H2. The Bertz CT molecular complexity index is 1200. The molecule has 1 aromatic heterocycles. The largest absolute Gasteiger partial charge is 0.619 e. The summed E-state index contributed by atoms with van der Waals surface area (Å²) in [5.41, 5.74) is 1.78. The topological polar surface area (TPSA) is 68.7 Å². The Hall–Kier alpha value is -2.82. The molecule has 130 valence electrons. The van der Waals surface area contributed by atoms with Crippen molar-refractivity contribution in [3.63, 3.8) is 0 Å². The Balaban J connectivity index is 1.93. The van der Waals surface area contributed by atoms with Crippen molar-refractivity contribution in [2.24, 2.45) is 0 Å². The number of benzene rings is 2. The van der Waals surface area contributed by atoms with Crippen molar-refractivity contribution in [1.82, 2.24) is 0 Å². The van der Waals surface area contributed by atoms with E-state index in [1.807, 2.05) is 0 Å². The fraction of sp³-hybridized carbons (Fsp3) is 0.111. The molecule has 0 radical (unpaired) electrons. The average molecular weight is 386 g/mol. The van der Waals surface area contributed by atoms with Gasteiger partial charge in [0.2, 0.25) is 0 Å². The van der Waals surface area contributed by atoms with Gasteiger partial charge in [-0.3, -0.25) is 4.31 Å². The highest BCUT2D eigenvalue weighted by Crippen LogP contribution is 2.38. The van der Waals surface area contributed by atoms with Crippen molar-refractivity contribution in [3.05, 3.63) is 76.0 Å². The van der Waals surface area contributed by atoms with Crippen LogP contribution in [0.25, 0.3) is 15.6 Å². The number of nitrogens with zero attached hydrogens (tertiary/aromatic N) is 3. The van der Waals surface area contributed by atoms with Crippen LogP contribution in [0, 0.1) is 11.8 Å². The van der Waals surface area contributed by atoms with E-state index in [1.165, 1.54) is 28.8 Å². The highest BCUT2D eigenvalue weighted by Gasteiger charge is 2.32. The molecule has 2 heterocycles. The van der Waals surface area contributed by atoms with Gasteiger partial charge < -0.3 is 5.21 Å². The van der Waals surface area contributed by atoms with Gasteiger partial charge in [0.25, 0.3) is 10.0 Å². The lowest BCUT2D eigenvalue weighted by Gasteiger charge is -2.21. The third-order valence-electron chi connectivity index (χ3n) is 4.41. The molecule has 0 saturated carbocycles. The van der Waals surface area contributed by atoms with Crippen LogP contribution in [0.2, 0.25) is 5.02 Å². The molecule has 0 N–H and O–H groups in total. The lowest BCUT2D eigenvalue weighted by molar-refractivity contribution is -0.603. The van der Waals surface area contributed by atoms with Crippen LogP contribution >= 0.6 is 11.6 Å². The number of aromatic nitrogens is 1. The number of hydrogen-bond donors (Lipinski definition) is 0. The number of pyridine rings is 1. The first-order valence-electron chi connectivity index (χ1n) is 7.75. The van der Waals surface area contributed by atoms with Crippen molar-refractivity contribution < 1.29 is 13.1 Å². The molecular weight excluding hydrogens is 374 g/mol. The van der Waals surface area contributed by atoms with E-state index in [0.29, 0.717) is 39.8 Å². The second kappa shape index (κ2) is 5.87. The zero-order chi connectivity index (χ0) is 18.5. The molecule has 6 nitrogen and oxygen atoms in total. The number of halogens is 1. The molecule has 0 aliphatic carbocycles. The third-order valence-corrected chi connectivity index (χ3v) is 6.48. The predicted octanol–water partition coefficient (Wildman–Crippen LogP) is 3.43. The minimum absolute atomic E-state index is 0.0432. The average Bonchev–Trinajstić information content (AvgIpc) is 3.04. The molecule has 2 aromatic carbocycles. The zero-order valence-electron chi connectivity index (χ0n) is 13.4. The highest BCUT2D eigenvalue weighted by molar-refractivity contribution is 7.93. The van der Waals surface area contributed by atoms with E-state index in [4.69, 9.17) is 18.2 Å². The van der Waals surface area contributed by atoms with Crippen LogP contribution in [0.3, 0.4) is 0 Å². The minimum Gasteiger partial charge on any atom is -0.619 e. The van der Waals surface area contributed by atoms with E-state index in [0.717, 1.165) is 5.56 Å². The first kappa shape index (κ1) is 16.6. The summed E-state index contributed by atoms with van der Waals surface area (Å²) in [5, 5.41) is 12.6.